The summed E-state index contributed by atoms with van der Waals surface area (Å²) in [4.78, 5) is 13.3. The third-order valence-corrected chi connectivity index (χ3v) is 4.07. The maximum Gasteiger partial charge on any atom is 0.265 e. The number of thiophene rings is 1. The van der Waals surface area contributed by atoms with Gasteiger partial charge in [-0.15, -0.1) is 11.3 Å². The van der Waals surface area contributed by atoms with Crippen molar-refractivity contribution >= 4 is 17.2 Å². The van der Waals surface area contributed by atoms with Crippen LogP contribution in [0.4, 0.5) is 8.78 Å². The largest absolute Gasteiger partial charge is 0.495 e. The summed E-state index contributed by atoms with van der Waals surface area (Å²) >= 11 is 1.23. The minimum Gasteiger partial charge on any atom is -0.495 e. The number of methoxy groups -OCH3 is 1. The van der Waals surface area contributed by atoms with E-state index in [9.17, 15) is 18.7 Å². The van der Waals surface area contributed by atoms with Crippen LogP contribution in [-0.4, -0.2) is 24.7 Å². The fraction of sp³-hybridized carbons (Fsp3) is 0.267. The SMILES string of the molecule is COc1cc(C)sc1C(=O)NC[C@@H](O)c1c(F)cccc1F. The van der Waals surface area contributed by atoms with E-state index in [0.29, 0.717) is 10.6 Å². The van der Waals surface area contributed by atoms with E-state index in [-0.39, 0.29) is 6.54 Å². The zero-order valence-electron chi connectivity index (χ0n) is 12.0. The Labute approximate surface area is 130 Å². The molecule has 0 aliphatic heterocycles. The van der Waals surface area contributed by atoms with Crippen LogP contribution in [0.2, 0.25) is 0 Å². The Bertz CT molecular complexity index is 667. The molecule has 1 aromatic carbocycles. The van der Waals surface area contributed by atoms with Crippen molar-refractivity contribution in [1.82, 2.24) is 5.32 Å². The van der Waals surface area contributed by atoms with Gasteiger partial charge in [-0.1, -0.05) is 6.07 Å². The van der Waals surface area contributed by atoms with E-state index < -0.39 is 29.2 Å². The van der Waals surface area contributed by atoms with E-state index in [0.717, 1.165) is 17.0 Å². The molecule has 4 nitrogen and oxygen atoms in total. The Balaban J connectivity index is 2.07. The lowest BCUT2D eigenvalue weighted by Crippen LogP contribution is -2.28. The number of amides is 1. The minimum absolute atomic E-state index is 0.309. The number of rotatable bonds is 5. The molecule has 2 rings (SSSR count). The first-order valence-electron chi connectivity index (χ1n) is 6.48. The summed E-state index contributed by atoms with van der Waals surface area (Å²) in [6, 6.07) is 5.02. The van der Waals surface area contributed by atoms with Gasteiger partial charge in [-0.2, -0.15) is 0 Å². The monoisotopic (exact) mass is 327 g/mol. The van der Waals surface area contributed by atoms with Gasteiger partial charge >= 0.3 is 0 Å². The standard InChI is InChI=1S/C15H15F2NO3S/c1-8-6-12(21-2)14(22-8)15(20)18-7-11(19)13-9(16)4-3-5-10(13)17/h3-6,11,19H,7H2,1-2H3,(H,18,20)/t11-/m1/s1. The van der Waals surface area contributed by atoms with Crippen LogP contribution < -0.4 is 10.1 Å². The summed E-state index contributed by atoms with van der Waals surface area (Å²) < 4.78 is 32.2. The van der Waals surface area contributed by atoms with Crippen molar-refractivity contribution in [2.75, 3.05) is 13.7 Å². The number of hydrogen-bond donors (Lipinski definition) is 2. The predicted molar refractivity (Wildman–Crippen MR) is 79.3 cm³/mol. The number of carbonyl (C=O) groups is 1. The molecule has 0 unspecified atom stereocenters. The number of hydrogen-bond acceptors (Lipinski definition) is 4. The van der Waals surface area contributed by atoms with Gasteiger partial charge in [-0.25, -0.2) is 8.78 Å². The molecule has 0 radical (unpaired) electrons. The number of aryl methyl sites for hydroxylation is 1. The Morgan fingerprint density at radius 2 is 2.05 bits per heavy atom. The molecule has 0 saturated heterocycles. The third-order valence-electron chi connectivity index (χ3n) is 3.04. The van der Waals surface area contributed by atoms with Gasteiger partial charge in [0.1, 0.15) is 28.4 Å². The number of aliphatic hydroxyl groups is 1. The third kappa shape index (κ3) is 3.42. The van der Waals surface area contributed by atoms with Crippen molar-refractivity contribution in [3.63, 3.8) is 0 Å². The lowest BCUT2D eigenvalue weighted by Gasteiger charge is -2.13. The highest BCUT2D eigenvalue weighted by molar-refractivity contribution is 7.14. The molecule has 1 heterocycles. The van der Waals surface area contributed by atoms with Gasteiger partial charge in [0.15, 0.2) is 0 Å². The van der Waals surface area contributed by atoms with Crippen LogP contribution in [0.15, 0.2) is 24.3 Å². The number of ether oxygens (including phenoxy) is 1. The maximum absolute atomic E-state index is 13.5. The van der Waals surface area contributed by atoms with Crippen LogP contribution in [0, 0.1) is 18.6 Å². The second-order valence-corrected chi connectivity index (χ2v) is 5.87. The number of nitrogens with one attached hydrogen (secondary N) is 1. The molecule has 0 aliphatic rings. The fourth-order valence-electron chi connectivity index (χ4n) is 2.00. The zero-order chi connectivity index (χ0) is 16.3. The van der Waals surface area contributed by atoms with Gasteiger partial charge in [0, 0.05) is 11.4 Å². The van der Waals surface area contributed by atoms with Gasteiger partial charge in [-0.05, 0) is 25.1 Å². The summed E-state index contributed by atoms with van der Waals surface area (Å²) in [6.45, 7) is 1.52. The lowest BCUT2D eigenvalue weighted by molar-refractivity contribution is 0.0912. The number of aliphatic hydroxyl groups excluding tert-OH is 1. The minimum atomic E-state index is -1.47. The van der Waals surface area contributed by atoms with E-state index in [4.69, 9.17) is 4.74 Å². The van der Waals surface area contributed by atoms with Crippen molar-refractivity contribution in [3.05, 3.63) is 51.2 Å². The average Bonchev–Trinajstić information content (AvgIpc) is 2.85. The molecule has 2 aromatic rings. The van der Waals surface area contributed by atoms with E-state index in [1.807, 2.05) is 6.92 Å². The van der Waals surface area contributed by atoms with Crippen molar-refractivity contribution < 1.29 is 23.4 Å². The smallest absolute Gasteiger partial charge is 0.265 e. The predicted octanol–water partition coefficient (Wildman–Crippen LogP) is 2.81. The molecule has 0 bridgehead atoms. The van der Waals surface area contributed by atoms with Crippen LogP contribution in [0.5, 0.6) is 5.75 Å². The van der Waals surface area contributed by atoms with E-state index >= 15 is 0 Å². The summed E-state index contributed by atoms with van der Waals surface area (Å²) in [7, 11) is 1.45. The first-order valence-corrected chi connectivity index (χ1v) is 7.30. The highest BCUT2D eigenvalue weighted by atomic mass is 32.1. The molecule has 118 valence electrons. The Morgan fingerprint density at radius 3 is 2.64 bits per heavy atom. The molecule has 7 heteroatoms. The number of benzene rings is 1. The quantitative estimate of drug-likeness (QED) is 0.888. The van der Waals surface area contributed by atoms with E-state index in [1.54, 1.807) is 6.07 Å². The maximum atomic E-state index is 13.5. The normalized spacial score (nSPS) is 12.0. The second kappa shape index (κ2) is 6.85. The van der Waals surface area contributed by atoms with E-state index in [1.165, 1.54) is 24.5 Å². The van der Waals surface area contributed by atoms with Gasteiger partial charge in [0.05, 0.1) is 12.7 Å². The van der Waals surface area contributed by atoms with Gasteiger partial charge in [0.2, 0.25) is 0 Å². The molecule has 0 fully saturated rings. The Hall–Kier alpha value is -1.99. The highest BCUT2D eigenvalue weighted by Crippen LogP contribution is 2.28. The second-order valence-electron chi connectivity index (χ2n) is 4.62. The molecule has 1 aromatic heterocycles. The molecule has 2 N–H and O–H groups in total. The molecule has 0 saturated carbocycles. The molecule has 0 aliphatic carbocycles. The zero-order valence-corrected chi connectivity index (χ0v) is 12.8. The molecule has 22 heavy (non-hydrogen) atoms. The van der Waals surface area contributed by atoms with Crippen molar-refractivity contribution in [1.29, 1.82) is 0 Å². The van der Waals surface area contributed by atoms with Crippen LogP contribution >= 0.6 is 11.3 Å². The first kappa shape index (κ1) is 16.4. The summed E-state index contributed by atoms with van der Waals surface area (Å²) in [5, 5.41) is 12.3. The first-order chi connectivity index (χ1) is 10.4. The average molecular weight is 327 g/mol. The molecular weight excluding hydrogens is 312 g/mol. The topological polar surface area (TPSA) is 58.6 Å². The van der Waals surface area contributed by atoms with Gasteiger partial charge in [-0.3, -0.25) is 4.79 Å². The van der Waals surface area contributed by atoms with Crippen molar-refractivity contribution in [3.8, 4) is 5.75 Å². The lowest BCUT2D eigenvalue weighted by atomic mass is 10.1. The Morgan fingerprint density at radius 1 is 1.41 bits per heavy atom. The highest BCUT2D eigenvalue weighted by Gasteiger charge is 2.20. The van der Waals surface area contributed by atoms with Crippen LogP contribution in [-0.2, 0) is 0 Å². The molecule has 1 atom stereocenters. The summed E-state index contributed by atoms with van der Waals surface area (Å²) in [5.74, 6) is -1.75. The Kier molecular flexibility index (Phi) is 5.10. The fourth-order valence-corrected chi connectivity index (χ4v) is 2.90. The van der Waals surface area contributed by atoms with Crippen LogP contribution in [0.25, 0.3) is 0 Å². The van der Waals surface area contributed by atoms with Crippen molar-refractivity contribution in [2.24, 2.45) is 0 Å². The molecule has 0 spiro atoms. The van der Waals surface area contributed by atoms with Gasteiger partial charge in [0.25, 0.3) is 5.91 Å². The number of halogens is 2. The number of carbonyl (C=O) groups excluding carboxylic acids is 1. The van der Waals surface area contributed by atoms with Gasteiger partial charge < -0.3 is 15.2 Å². The van der Waals surface area contributed by atoms with Crippen LogP contribution in [0.3, 0.4) is 0 Å². The van der Waals surface area contributed by atoms with Crippen molar-refractivity contribution in [2.45, 2.75) is 13.0 Å². The summed E-state index contributed by atoms with van der Waals surface area (Å²) in [6.07, 6.45) is -1.47. The van der Waals surface area contributed by atoms with E-state index in [2.05, 4.69) is 5.32 Å². The summed E-state index contributed by atoms with van der Waals surface area (Å²) in [5.41, 5.74) is -0.461. The molecule has 1 amide bonds. The van der Waals surface area contributed by atoms with Crippen LogP contribution in [0.1, 0.15) is 26.2 Å². The molecular formula is C15H15F2NO3S.